The van der Waals surface area contributed by atoms with Gasteiger partial charge in [-0.15, -0.1) is 0 Å². The van der Waals surface area contributed by atoms with E-state index in [4.69, 9.17) is 9.40 Å². The summed E-state index contributed by atoms with van der Waals surface area (Å²) in [7, 11) is 0. The quantitative estimate of drug-likeness (QED) is 0.378. The van der Waals surface area contributed by atoms with Crippen molar-refractivity contribution >= 4 is 17.8 Å². The first-order chi connectivity index (χ1) is 17.1. The maximum Gasteiger partial charge on any atom is 0.317 e. The summed E-state index contributed by atoms with van der Waals surface area (Å²) in [4.78, 5) is 28.1. The molecule has 0 spiro atoms. The molecule has 182 valence electrons. The standard InChI is InChI=1S/C25H28FN7O2/c1-2-3-11-28-24(34)32-13-4-5-19(16-32)29-23-27-12-10-20(30-23)22-21(17-6-8-18(26)9-7-17)31-25-33(22)14-15-35-25/h6-10,12,14-15,19H,2-5,11,13,16H2,1H3,(H,28,34)(H,27,29,30). The summed E-state index contributed by atoms with van der Waals surface area (Å²) in [6, 6.07) is 8.01. The van der Waals surface area contributed by atoms with Gasteiger partial charge in [0.15, 0.2) is 0 Å². The Morgan fingerprint density at radius 1 is 1.23 bits per heavy atom. The van der Waals surface area contributed by atoms with Gasteiger partial charge in [-0.25, -0.2) is 19.2 Å². The van der Waals surface area contributed by atoms with Gasteiger partial charge < -0.3 is 20.0 Å². The van der Waals surface area contributed by atoms with Gasteiger partial charge in [0.2, 0.25) is 5.95 Å². The van der Waals surface area contributed by atoms with Gasteiger partial charge in [0.05, 0.1) is 5.69 Å². The molecule has 0 saturated carbocycles. The largest absolute Gasteiger partial charge is 0.432 e. The van der Waals surface area contributed by atoms with Gasteiger partial charge >= 0.3 is 11.9 Å². The Bertz CT molecular complexity index is 1300. The molecule has 1 aromatic carbocycles. The van der Waals surface area contributed by atoms with Crippen LogP contribution in [0.3, 0.4) is 0 Å². The predicted molar refractivity (Wildman–Crippen MR) is 130 cm³/mol. The number of aromatic nitrogens is 4. The SMILES string of the molecule is CCCCNC(=O)N1CCCC(Nc2nccc(-c3c(-c4ccc(F)cc4)nc4occn34)n2)C1. The fraction of sp³-hybridized carbons (Fsp3) is 0.360. The van der Waals surface area contributed by atoms with Crippen LogP contribution >= 0.6 is 0 Å². The van der Waals surface area contributed by atoms with E-state index in [1.807, 2.05) is 15.4 Å². The van der Waals surface area contributed by atoms with Crippen molar-refractivity contribution < 1.29 is 13.6 Å². The van der Waals surface area contributed by atoms with Crippen molar-refractivity contribution in [3.63, 3.8) is 0 Å². The minimum atomic E-state index is -0.313. The summed E-state index contributed by atoms with van der Waals surface area (Å²) in [5.74, 6) is 0.584. The van der Waals surface area contributed by atoms with Gasteiger partial charge in [-0.05, 0) is 49.6 Å². The first-order valence-electron chi connectivity index (χ1n) is 12.0. The molecule has 35 heavy (non-hydrogen) atoms. The van der Waals surface area contributed by atoms with Crippen LogP contribution in [0.15, 0.2) is 53.4 Å². The Hall–Kier alpha value is -3.95. The number of imidazole rings is 1. The number of amides is 2. The predicted octanol–water partition coefficient (Wildman–Crippen LogP) is 4.58. The summed E-state index contributed by atoms with van der Waals surface area (Å²) in [6.07, 6.45) is 8.87. The molecule has 0 aliphatic carbocycles. The van der Waals surface area contributed by atoms with Crippen LogP contribution < -0.4 is 10.6 Å². The van der Waals surface area contributed by atoms with E-state index >= 15 is 0 Å². The molecule has 1 saturated heterocycles. The lowest BCUT2D eigenvalue weighted by Crippen LogP contribution is -2.49. The number of fused-ring (bicyclic) bond motifs is 1. The number of carbonyl (C=O) groups is 1. The molecular weight excluding hydrogens is 449 g/mol. The molecule has 2 amide bonds. The number of benzene rings is 1. The van der Waals surface area contributed by atoms with Gasteiger partial charge in [-0.1, -0.05) is 13.3 Å². The van der Waals surface area contributed by atoms with Crippen LogP contribution in [-0.2, 0) is 0 Å². The number of anilines is 1. The summed E-state index contributed by atoms with van der Waals surface area (Å²) in [6.45, 7) is 4.13. The number of halogens is 1. The minimum absolute atomic E-state index is 0.0230. The van der Waals surface area contributed by atoms with E-state index in [2.05, 4.69) is 27.5 Å². The van der Waals surface area contributed by atoms with Crippen LogP contribution in [0.5, 0.6) is 0 Å². The zero-order valence-corrected chi connectivity index (χ0v) is 19.6. The van der Waals surface area contributed by atoms with Gasteiger partial charge in [0, 0.05) is 43.6 Å². The van der Waals surface area contributed by atoms with E-state index < -0.39 is 0 Å². The third kappa shape index (κ3) is 4.96. The van der Waals surface area contributed by atoms with Crippen LogP contribution in [-0.4, -0.2) is 56.0 Å². The molecule has 0 bridgehead atoms. The molecule has 0 radical (unpaired) electrons. The van der Waals surface area contributed by atoms with Crippen molar-refractivity contribution in [1.82, 2.24) is 29.6 Å². The first-order valence-corrected chi connectivity index (χ1v) is 12.0. The lowest BCUT2D eigenvalue weighted by Gasteiger charge is -2.33. The molecule has 1 aliphatic rings. The Balaban J connectivity index is 1.37. The number of hydrogen-bond acceptors (Lipinski definition) is 6. The second-order valence-corrected chi connectivity index (χ2v) is 8.65. The second-order valence-electron chi connectivity index (χ2n) is 8.65. The molecule has 9 nitrogen and oxygen atoms in total. The Morgan fingerprint density at radius 2 is 2.09 bits per heavy atom. The molecule has 1 unspecified atom stereocenters. The van der Waals surface area contributed by atoms with Crippen LogP contribution in [0.2, 0.25) is 0 Å². The van der Waals surface area contributed by atoms with Crippen LogP contribution in [0, 0.1) is 5.82 Å². The second kappa shape index (κ2) is 10.1. The number of carbonyl (C=O) groups excluding carboxylic acids is 1. The van der Waals surface area contributed by atoms with Crippen molar-refractivity contribution in [2.75, 3.05) is 25.0 Å². The van der Waals surface area contributed by atoms with Crippen molar-refractivity contribution in [2.45, 2.75) is 38.6 Å². The number of nitrogens with zero attached hydrogens (tertiary/aromatic N) is 5. The highest BCUT2D eigenvalue weighted by molar-refractivity contribution is 5.79. The smallest absolute Gasteiger partial charge is 0.317 e. The van der Waals surface area contributed by atoms with Gasteiger partial charge in [0.25, 0.3) is 0 Å². The highest BCUT2D eigenvalue weighted by Gasteiger charge is 2.25. The molecule has 10 heteroatoms. The summed E-state index contributed by atoms with van der Waals surface area (Å²) >= 11 is 0. The first kappa shape index (κ1) is 22.8. The molecule has 4 heterocycles. The Labute approximate surface area is 202 Å². The van der Waals surface area contributed by atoms with Crippen molar-refractivity contribution in [3.8, 4) is 22.6 Å². The van der Waals surface area contributed by atoms with Crippen molar-refractivity contribution in [1.29, 1.82) is 0 Å². The van der Waals surface area contributed by atoms with Crippen molar-refractivity contribution in [2.24, 2.45) is 0 Å². The number of nitrogens with one attached hydrogen (secondary N) is 2. The fourth-order valence-electron chi connectivity index (χ4n) is 4.35. The zero-order chi connectivity index (χ0) is 24.2. The lowest BCUT2D eigenvalue weighted by atomic mass is 10.1. The maximum absolute atomic E-state index is 13.5. The van der Waals surface area contributed by atoms with E-state index in [1.54, 1.807) is 30.8 Å². The minimum Gasteiger partial charge on any atom is -0.432 e. The molecular formula is C25H28FN7O2. The highest BCUT2D eigenvalue weighted by atomic mass is 19.1. The third-order valence-electron chi connectivity index (χ3n) is 6.13. The van der Waals surface area contributed by atoms with Crippen molar-refractivity contribution in [3.05, 3.63) is 54.8 Å². The Kier molecular flexibility index (Phi) is 6.60. The van der Waals surface area contributed by atoms with Crippen LogP contribution in [0.25, 0.3) is 28.5 Å². The zero-order valence-electron chi connectivity index (χ0n) is 19.6. The fourth-order valence-corrected chi connectivity index (χ4v) is 4.35. The number of oxazole rings is 1. The summed E-state index contributed by atoms with van der Waals surface area (Å²) < 4.78 is 20.8. The van der Waals surface area contributed by atoms with Crippen LogP contribution in [0.4, 0.5) is 15.1 Å². The monoisotopic (exact) mass is 477 g/mol. The molecule has 4 aromatic rings. The third-order valence-corrected chi connectivity index (χ3v) is 6.13. The molecule has 3 aromatic heterocycles. The number of unbranched alkanes of at least 4 members (excludes halogenated alkanes) is 1. The Morgan fingerprint density at radius 3 is 2.91 bits per heavy atom. The van der Waals surface area contributed by atoms with E-state index in [-0.39, 0.29) is 17.9 Å². The topological polar surface area (TPSA) is 101 Å². The number of likely N-dealkylation sites (tertiary alicyclic amines) is 1. The molecule has 2 N–H and O–H groups in total. The van der Waals surface area contributed by atoms with Gasteiger partial charge in [-0.2, -0.15) is 4.98 Å². The highest BCUT2D eigenvalue weighted by Crippen LogP contribution is 2.32. The molecule has 1 aliphatic heterocycles. The number of piperidine rings is 1. The average molecular weight is 478 g/mol. The van der Waals surface area contributed by atoms with E-state index in [0.717, 1.165) is 43.5 Å². The van der Waals surface area contributed by atoms with Gasteiger partial charge in [0.1, 0.15) is 23.5 Å². The average Bonchev–Trinajstić information content (AvgIpc) is 3.46. The summed E-state index contributed by atoms with van der Waals surface area (Å²) in [5, 5.41) is 6.39. The normalized spacial score (nSPS) is 15.9. The summed E-state index contributed by atoms with van der Waals surface area (Å²) in [5.41, 5.74) is 2.78. The van der Waals surface area contributed by atoms with Gasteiger partial charge in [-0.3, -0.25) is 4.40 Å². The molecule has 1 atom stereocenters. The number of rotatable bonds is 7. The number of urea groups is 1. The number of hydrogen-bond donors (Lipinski definition) is 2. The van der Waals surface area contributed by atoms with Crippen LogP contribution in [0.1, 0.15) is 32.6 Å². The van der Waals surface area contributed by atoms with E-state index in [9.17, 15) is 9.18 Å². The molecule has 1 fully saturated rings. The maximum atomic E-state index is 13.5. The molecule has 5 rings (SSSR count). The lowest BCUT2D eigenvalue weighted by molar-refractivity contribution is 0.182. The van der Waals surface area contributed by atoms with E-state index in [0.29, 0.717) is 36.3 Å². The van der Waals surface area contributed by atoms with E-state index in [1.165, 1.54) is 12.1 Å².